The molecular weight excluding hydrogens is 410 g/mol. The molecule has 3 heterocycles. The summed E-state index contributed by atoms with van der Waals surface area (Å²) in [5.74, 6) is 2.37. The number of aryl methyl sites for hydroxylation is 1. The van der Waals surface area contributed by atoms with E-state index >= 15 is 0 Å². The van der Waals surface area contributed by atoms with Gasteiger partial charge in [-0.25, -0.2) is 9.98 Å². The molecule has 2 aliphatic rings. The number of anilines is 1. The van der Waals surface area contributed by atoms with E-state index in [4.69, 9.17) is 9.73 Å². The van der Waals surface area contributed by atoms with Crippen molar-refractivity contribution in [1.82, 2.24) is 15.6 Å². The summed E-state index contributed by atoms with van der Waals surface area (Å²) in [5.41, 5.74) is 3.75. The number of aromatic nitrogens is 1. The SMILES string of the molecule is CCNC(=NCc1ccnc(N2CCCCC2)c1)NCC1CCCOC1c1ccc(C)cc1. The maximum atomic E-state index is 6.20. The average Bonchev–Trinajstić information content (AvgIpc) is 2.87. The molecular formula is C27H39N5O. The van der Waals surface area contributed by atoms with Gasteiger partial charge in [0, 0.05) is 44.9 Å². The largest absolute Gasteiger partial charge is 0.373 e. The second-order valence-electron chi connectivity index (χ2n) is 9.25. The molecule has 1 aromatic heterocycles. The van der Waals surface area contributed by atoms with Crippen LogP contribution in [0.3, 0.4) is 0 Å². The first kappa shape index (κ1) is 23.6. The van der Waals surface area contributed by atoms with E-state index in [1.807, 2.05) is 6.20 Å². The van der Waals surface area contributed by atoms with Crippen LogP contribution in [0.5, 0.6) is 0 Å². The fourth-order valence-electron chi connectivity index (χ4n) is 4.77. The molecule has 0 bridgehead atoms. The highest BCUT2D eigenvalue weighted by molar-refractivity contribution is 5.79. The summed E-state index contributed by atoms with van der Waals surface area (Å²) in [6, 6.07) is 13.0. The lowest BCUT2D eigenvalue weighted by molar-refractivity contribution is -0.0265. The minimum atomic E-state index is 0.141. The van der Waals surface area contributed by atoms with Crippen LogP contribution in [0.2, 0.25) is 0 Å². The van der Waals surface area contributed by atoms with E-state index < -0.39 is 0 Å². The number of benzene rings is 1. The molecule has 2 unspecified atom stereocenters. The molecule has 0 saturated carbocycles. The Morgan fingerprint density at radius 2 is 1.91 bits per heavy atom. The molecule has 4 rings (SSSR count). The van der Waals surface area contributed by atoms with Gasteiger partial charge in [0.2, 0.25) is 0 Å². The topological polar surface area (TPSA) is 61.8 Å². The molecule has 0 radical (unpaired) electrons. The van der Waals surface area contributed by atoms with Crippen LogP contribution in [0.1, 0.15) is 61.8 Å². The molecule has 6 heteroatoms. The van der Waals surface area contributed by atoms with Crippen molar-refractivity contribution >= 4 is 11.8 Å². The fraction of sp³-hybridized carbons (Fsp3) is 0.556. The highest BCUT2D eigenvalue weighted by Crippen LogP contribution is 2.33. The molecule has 0 spiro atoms. The summed E-state index contributed by atoms with van der Waals surface area (Å²) < 4.78 is 6.20. The number of nitrogens with one attached hydrogen (secondary N) is 2. The monoisotopic (exact) mass is 449 g/mol. The summed E-state index contributed by atoms with van der Waals surface area (Å²) in [6.45, 7) is 9.61. The summed E-state index contributed by atoms with van der Waals surface area (Å²) in [4.78, 5) is 11.9. The van der Waals surface area contributed by atoms with Gasteiger partial charge in [-0.3, -0.25) is 0 Å². The van der Waals surface area contributed by atoms with Crippen molar-refractivity contribution < 1.29 is 4.74 Å². The second kappa shape index (κ2) is 12.0. The van der Waals surface area contributed by atoms with Crippen molar-refractivity contribution in [1.29, 1.82) is 0 Å². The van der Waals surface area contributed by atoms with E-state index in [9.17, 15) is 0 Å². The molecule has 0 aliphatic carbocycles. The maximum Gasteiger partial charge on any atom is 0.191 e. The van der Waals surface area contributed by atoms with Crippen LogP contribution in [0.25, 0.3) is 0 Å². The standard InChI is InChI=1S/C27H39N5O/c1-3-28-27(30-19-22-13-14-29-25(18-22)32-15-5-4-6-16-32)31-20-24-8-7-17-33-26(24)23-11-9-21(2)10-12-23/h9-14,18,24,26H,3-8,15-17,19-20H2,1-2H3,(H2,28,30,31). The van der Waals surface area contributed by atoms with Crippen molar-refractivity contribution in [3.63, 3.8) is 0 Å². The van der Waals surface area contributed by atoms with E-state index in [0.29, 0.717) is 12.5 Å². The summed E-state index contributed by atoms with van der Waals surface area (Å²) >= 11 is 0. The first-order chi connectivity index (χ1) is 16.2. The predicted molar refractivity (Wildman–Crippen MR) is 136 cm³/mol. The number of hydrogen-bond acceptors (Lipinski definition) is 4. The molecule has 2 fully saturated rings. The molecule has 2 atom stereocenters. The predicted octanol–water partition coefficient (Wildman–Crippen LogP) is 4.60. The molecule has 33 heavy (non-hydrogen) atoms. The van der Waals surface area contributed by atoms with Gasteiger partial charge in [-0.05, 0) is 69.2 Å². The van der Waals surface area contributed by atoms with E-state index in [1.54, 1.807) is 0 Å². The molecule has 2 N–H and O–H groups in total. The number of rotatable bonds is 7. The van der Waals surface area contributed by atoms with Gasteiger partial charge in [-0.1, -0.05) is 29.8 Å². The first-order valence-electron chi connectivity index (χ1n) is 12.6. The van der Waals surface area contributed by atoms with Crippen molar-refractivity contribution in [2.24, 2.45) is 10.9 Å². The quantitative estimate of drug-likeness (QED) is 0.478. The zero-order valence-electron chi connectivity index (χ0n) is 20.2. The number of ether oxygens (including phenoxy) is 1. The Hall–Kier alpha value is -2.60. The van der Waals surface area contributed by atoms with Crippen LogP contribution in [0.4, 0.5) is 5.82 Å². The van der Waals surface area contributed by atoms with Gasteiger partial charge in [0.15, 0.2) is 5.96 Å². The Bertz CT molecular complexity index is 892. The van der Waals surface area contributed by atoms with Gasteiger partial charge in [0.05, 0.1) is 12.6 Å². The minimum absolute atomic E-state index is 0.141. The van der Waals surface area contributed by atoms with Crippen LogP contribution in [0, 0.1) is 12.8 Å². The van der Waals surface area contributed by atoms with Crippen LogP contribution in [-0.2, 0) is 11.3 Å². The first-order valence-corrected chi connectivity index (χ1v) is 12.6. The van der Waals surface area contributed by atoms with Crippen LogP contribution in [-0.4, -0.2) is 43.7 Å². The van der Waals surface area contributed by atoms with Crippen molar-refractivity contribution in [3.8, 4) is 0 Å². The lowest BCUT2D eigenvalue weighted by Gasteiger charge is -2.32. The molecule has 2 aliphatic heterocycles. The third kappa shape index (κ3) is 6.70. The zero-order chi connectivity index (χ0) is 22.9. The van der Waals surface area contributed by atoms with Crippen LogP contribution >= 0.6 is 0 Å². The van der Waals surface area contributed by atoms with E-state index in [-0.39, 0.29) is 6.10 Å². The minimum Gasteiger partial charge on any atom is -0.373 e. The summed E-state index contributed by atoms with van der Waals surface area (Å²) in [6.07, 6.45) is 8.17. The lowest BCUT2D eigenvalue weighted by atomic mass is 9.89. The zero-order valence-corrected chi connectivity index (χ0v) is 20.2. The normalized spacial score (nSPS) is 21.6. The average molecular weight is 450 g/mol. The summed E-state index contributed by atoms with van der Waals surface area (Å²) in [7, 11) is 0. The molecule has 1 aromatic carbocycles. The molecule has 2 aromatic rings. The number of hydrogen-bond donors (Lipinski definition) is 2. The van der Waals surface area contributed by atoms with E-state index in [1.165, 1.54) is 36.0 Å². The Balaban J connectivity index is 1.38. The van der Waals surface area contributed by atoms with Gasteiger partial charge in [0.25, 0.3) is 0 Å². The molecule has 178 valence electrons. The van der Waals surface area contributed by atoms with Crippen molar-refractivity contribution in [2.75, 3.05) is 37.7 Å². The third-order valence-corrected chi connectivity index (χ3v) is 6.64. The number of piperidine rings is 1. The van der Waals surface area contributed by atoms with Gasteiger partial charge in [-0.2, -0.15) is 0 Å². The van der Waals surface area contributed by atoms with Gasteiger partial charge in [0.1, 0.15) is 5.82 Å². The van der Waals surface area contributed by atoms with Gasteiger partial charge >= 0.3 is 0 Å². The highest BCUT2D eigenvalue weighted by atomic mass is 16.5. The van der Waals surface area contributed by atoms with Gasteiger partial charge < -0.3 is 20.3 Å². The number of aliphatic imine (C=N–C) groups is 1. The van der Waals surface area contributed by atoms with Gasteiger partial charge in [-0.15, -0.1) is 0 Å². The van der Waals surface area contributed by atoms with Crippen LogP contribution in [0.15, 0.2) is 47.6 Å². The highest BCUT2D eigenvalue weighted by Gasteiger charge is 2.27. The Labute approximate surface area is 198 Å². The second-order valence-corrected chi connectivity index (χ2v) is 9.25. The lowest BCUT2D eigenvalue weighted by Crippen LogP contribution is -2.42. The molecule has 0 amide bonds. The van der Waals surface area contributed by atoms with Crippen molar-refractivity contribution in [3.05, 3.63) is 59.3 Å². The van der Waals surface area contributed by atoms with E-state index in [2.05, 4.69) is 70.8 Å². The smallest absolute Gasteiger partial charge is 0.191 e. The van der Waals surface area contributed by atoms with Crippen LogP contribution < -0.4 is 15.5 Å². The molecule has 2 saturated heterocycles. The number of guanidine groups is 1. The van der Waals surface area contributed by atoms with Crippen molar-refractivity contribution in [2.45, 2.75) is 58.6 Å². The Kier molecular flexibility index (Phi) is 8.59. The Morgan fingerprint density at radius 3 is 2.70 bits per heavy atom. The number of pyridine rings is 1. The fourth-order valence-corrected chi connectivity index (χ4v) is 4.77. The maximum absolute atomic E-state index is 6.20. The Morgan fingerprint density at radius 1 is 1.09 bits per heavy atom. The third-order valence-electron chi connectivity index (χ3n) is 6.64. The summed E-state index contributed by atoms with van der Waals surface area (Å²) in [5, 5.41) is 6.99. The molecule has 6 nitrogen and oxygen atoms in total. The number of nitrogens with zero attached hydrogens (tertiary/aromatic N) is 3. The van der Waals surface area contributed by atoms with E-state index in [0.717, 1.165) is 57.4 Å².